The van der Waals surface area contributed by atoms with E-state index in [1.807, 2.05) is 0 Å². The highest BCUT2D eigenvalue weighted by Crippen LogP contribution is 2.25. The van der Waals surface area contributed by atoms with Gasteiger partial charge in [0.2, 0.25) is 0 Å². The Morgan fingerprint density at radius 2 is 0.569 bits per heavy atom. The average molecular weight is 809 g/mol. The Morgan fingerprint density at radius 1 is 0.328 bits per heavy atom. The lowest BCUT2D eigenvalue weighted by Crippen LogP contribution is -2.41. The number of ether oxygens (including phenoxy) is 2. The maximum absolute atomic E-state index is 6.07. The molecule has 0 N–H and O–H groups in total. The van der Waals surface area contributed by atoms with Crippen LogP contribution in [0.2, 0.25) is 0 Å². The fourth-order valence-electron chi connectivity index (χ4n) is 8.14. The topological polar surface area (TPSA) is 24.9 Å². The fourth-order valence-corrected chi connectivity index (χ4v) is 8.14. The molecule has 0 aliphatic heterocycles. The molecule has 2 rings (SSSR count). The lowest BCUT2D eigenvalue weighted by atomic mass is 10.1. The van der Waals surface area contributed by atoms with Gasteiger partial charge in [-0.2, -0.15) is 0 Å². The van der Waals surface area contributed by atoms with Crippen molar-refractivity contribution >= 4 is 0 Å². The van der Waals surface area contributed by atoms with Crippen molar-refractivity contribution in [3.63, 3.8) is 0 Å². The Bertz CT molecular complexity index is 1120. The van der Waals surface area contributed by atoms with Crippen molar-refractivity contribution in [2.45, 2.75) is 154 Å². The van der Waals surface area contributed by atoms with Gasteiger partial charge in [0, 0.05) is 0 Å². The molecule has 0 bridgehead atoms. The zero-order valence-corrected chi connectivity index (χ0v) is 39.9. The first-order valence-corrected chi connectivity index (χ1v) is 24.4. The summed E-state index contributed by atoms with van der Waals surface area (Å²) >= 11 is 0. The minimum atomic E-state index is 0.810. The maximum atomic E-state index is 6.07. The lowest BCUT2D eigenvalue weighted by Gasteiger charge is -2.30. The van der Waals surface area contributed by atoms with Gasteiger partial charge in [-0.15, -0.1) is 0 Å². The molecule has 0 amide bonds. The van der Waals surface area contributed by atoms with E-state index in [1.165, 1.54) is 201 Å². The molecule has 0 saturated heterocycles. The molecule has 0 aromatic heterocycles. The van der Waals surface area contributed by atoms with Crippen molar-refractivity contribution in [2.24, 2.45) is 0 Å². The van der Waals surface area contributed by atoms with Crippen LogP contribution in [0.25, 0.3) is 11.1 Å². The number of quaternary nitrogens is 2. The van der Waals surface area contributed by atoms with Gasteiger partial charge in [-0.25, -0.2) is 0 Å². The Balaban J connectivity index is 1.41. The summed E-state index contributed by atoms with van der Waals surface area (Å²) in [6.45, 7) is 9.39. The standard InChI is InChI=1S/C52H96N4O2/c1-53(2)41-25-17-21-29-45-55(5,6)43-27-19-13-9-11-15-23-31-47-57-51-37-33-49(34-38-51)50-35-39-52(40-36-50)58-48-32-24-16-12-10-14-20-28-44-56(7,8)46-30-22-18-26-42-54(3)4/h33-40H,9-32,41-48H2,1-8H3/q+2. The van der Waals surface area contributed by atoms with Crippen LogP contribution in [-0.2, 0) is 0 Å². The normalized spacial score (nSPS) is 12.2. The van der Waals surface area contributed by atoms with Crippen LogP contribution in [0.3, 0.4) is 0 Å². The fraction of sp³-hybridized carbons (Fsp3) is 0.769. The van der Waals surface area contributed by atoms with Gasteiger partial charge in [-0.3, -0.25) is 0 Å². The maximum Gasteiger partial charge on any atom is 0.119 e. The third kappa shape index (κ3) is 29.2. The highest BCUT2D eigenvalue weighted by molar-refractivity contribution is 5.64. The molecule has 0 aliphatic carbocycles. The van der Waals surface area contributed by atoms with Crippen LogP contribution in [0.1, 0.15) is 154 Å². The largest absolute Gasteiger partial charge is 0.494 e. The van der Waals surface area contributed by atoms with E-state index in [-0.39, 0.29) is 0 Å². The van der Waals surface area contributed by atoms with Crippen molar-refractivity contribution in [2.75, 3.05) is 109 Å². The monoisotopic (exact) mass is 809 g/mol. The van der Waals surface area contributed by atoms with Gasteiger partial charge in [0.15, 0.2) is 0 Å². The predicted molar refractivity (Wildman–Crippen MR) is 254 cm³/mol. The quantitative estimate of drug-likeness (QED) is 0.0496. The molecule has 0 fully saturated rings. The molecule has 334 valence electrons. The average Bonchev–Trinajstić information content (AvgIpc) is 3.19. The Hall–Kier alpha value is -2.12. The molecule has 0 saturated carbocycles. The van der Waals surface area contributed by atoms with E-state index in [9.17, 15) is 0 Å². The van der Waals surface area contributed by atoms with Gasteiger partial charge >= 0.3 is 0 Å². The van der Waals surface area contributed by atoms with Crippen molar-refractivity contribution in [1.82, 2.24) is 9.80 Å². The number of rotatable bonds is 39. The molecule has 0 aliphatic rings. The summed E-state index contributed by atoms with van der Waals surface area (Å²) in [6.07, 6.45) is 32.2. The lowest BCUT2D eigenvalue weighted by molar-refractivity contribution is -0.890. The summed E-state index contributed by atoms with van der Waals surface area (Å²) in [5.41, 5.74) is 2.44. The highest BCUT2D eigenvalue weighted by atomic mass is 16.5. The number of hydrogen-bond donors (Lipinski definition) is 0. The van der Waals surface area contributed by atoms with Gasteiger partial charge in [0.25, 0.3) is 0 Å². The Kier molecular flexibility index (Phi) is 29.3. The summed E-state index contributed by atoms with van der Waals surface area (Å²) in [4.78, 5) is 4.60. The molecule has 0 spiro atoms. The Morgan fingerprint density at radius 3 is 0.845 bits per heavy atom. The molecule has 0 atom stereocenters. The van der Waals surface area contributed by atoms with E-state index in [1.54, 1.807) is 0 Å². The SMILES string of the molecule is CN(C)CCCCCC[N+](C)(C)CCCCCCCCCCOc1ccc(-c2ccc(OCCCCCCCCCC[N+](C)(C)CCCCCCN(C)C)cc2)cc1. The van der Waals surface area contributed by atoms with Crippen molar-refractivity contribution in [1.29, 1.82) is 0 Å². The number of nitrogens with zero attached hydrogens (tertiary/aromatic N) is 4. The molecule has 6 heteroatoms. The molecule has 6 nitrogen and oxygen atoms in total. The number of hydrogen-bond acceptors (Lipinski definition) is 4. The third-order valence-corrected chi connectivity index (χ3v) is 12.1. The van der Waals surface area contributed by atoms with Crippen LogP contribution < -0.4 is 9.47 Å². The first-order chi connectivity index (χ1) is 28.0. The van der Waals surface area contributed by atoms with Crippen LogP contribution in [0, 0.1) is 0 Å². The van der Waals surface area contributed by atoms with E-state index in [4.69, 9.17) is 9.47 Å². The minimum absolute atomic E-state index is 0.810. The molecular weight excluding hydrogens is 713 g/mol. The molecule has 58 heavy (non-hydrogen) atoms. The summed E-state index contributed by atoms with van der Waals surface area (Å²) in [5.74, 6) is 1.95. The second-order valence-electron chi connectivity index (χ2n) is 19.6. The van der Waals surface area contributed by atoms with E-state index < -0.39 is 0 Å². The van der Waals surface area contributed by atoms with E-state index in [0.29, 0.717) is 0 Å². The first kappa shape index (κ1) is 52.0. The van der Waals surface area contributed by atoms with Crippen LogP contribution in [0.4, 0.5) is 0 Å². The number of unbranched alkanes of at least 4 members (excludes halogenated alkanes) is 20. The zero-order valence-electron chi connectivity index (χ0n) is 39.9. The van der Waals surface area contributed by atoms with Crippen molar-refractivity contribution in [3.8, 4) is 22.6 Å². The molecule has 0 unspecified atom stereocenters. The van der Waals surface area contributed by atoms with Crippen molar-refractivity contribution in [3.05, 3.63) is 48.5 Å². The van der Waals surface area contributed by atoms with Gasteiger partial charge in [-0.05, 0) is 154 Å². The summed E-state index contributed by atoms with van der Waals surface area (Å²) in [7, 11) is 18.4. The van der Waals surface area contributed by atoms with Crippen molar-refractivity contribution < 1.29 is 18.4 Å². The first-order valence-electron chi connectivity index (χ1n) is 24.4. The minimum Gasteiger partial charge on any atom is -0.494 e. The molecule has 0 radical (unpaired) electrons. The van der Waals surface area contributed by atoms with E-state index in [2.05, 4.69) is 115 Å². The molecule has 2 aromatic rings. The van der Waals surface area contributed by atoms with Crippen LogP contribution in [0.15, 0.2) is 48.5 Å². The third-order valence-electron chi connectivity index (χ3n) is 12.1. The zero-order chi connectivity index (χ0) is 42.2. The highest BCUT2D eigenvalue weighted by Gasteiger charge is 2.15. The van der Waals surface area contributed by atoms with Gasteiger partial charge in [-0.1, -0.05) is 101 Å². The van der Waals surface area contributed by atoms with Gasteiger partial charge in [0.1, 0.15) is 11.5 Å². The van der Waals surface area contributed by atoms with E-state index in [0.717, 1.165) is 37.6 Å². The summed E-state index contributed by atoms with van der Waals surface area (Å²) in [6, 6.07) is 17.2. The summed E-state index contributed by atoms with van der Waals surface area (Å²) in [5, 5.41) is 0. The van der Waals surface area contributed by atoms with Crippen LogP contribution in [-0.4, -0.2) is 128 Å². The van der Waals surface area contributed by atoms with Gasteiger partial charge in [0.05, 0.1) is 67.6 Å². The molecular formula is C52H96N4O2+2. The second kappa shape index (κ2) is 32.6. The number of benzene rings is 2. The predicted octanol–water partition coefficient (Wildman–Crippen LogP) is 12.7. The Labute approximate surface area is 361 Å². The van der Waals surface area contributed by atoms with Gasteiger partial charge < -0.3 is 28.2 Å². The van der Waals surface area contributed by atoms with E-state index >= 15 is 0 Å². The molecule has 2 aromatic carbocycles. The van der Waals surface area contributed by atoms with Crippen LogP contribution >= 0.6 is 0 Å². The van der Waals surface area contributed by atoms with Crippen LogP contribution in [0.5, 0.6) is 11.5 Å². The second-order valence-corrected chi connectivity index (χ2v) is 19.6. The molecule has 0 heterocycles. The summed E-state index contributed by atoms with van der Waals surface area (Å²) < 4.78 is 14.5. The smallest absolute Gasteiger partial charge is 0.119 e.